The number of nitro benzene ring substituents is 1. The molecule has 3 aromatic carbocycles. The quantitative estimate of drug-likeness (QED) is 0.0849. The van der Waals surface area contributed by atoms with Crippen LogP contribution in [0.15, 0.2) is 78.9 Å². The summed E-state index contributed by atoms with van der Waals surface area (Å²) in [5.74, 6) is -1.98. The number of benzene rings is 3. The highest BCUT2D eigenvalue weighted by atomic mass is 35.5. The molecule has 0 amide bonds. The zero-order valence-corrected chi connectivity index (χ0v) is 29.9. The number of halogens is 1. The van der Waals surface area contributed by atoms with Crippen molar-refractivity contribution in [1.29, 1.82) is 0 Å². The Balaban J connectivity index is 1.34. The van der Waals surface area contributed by atoms with Crippen LogP contribution in [0.2, 0.25) is 5.02 Å². The average Bonchev–Trinajstić information content (AvgIpc) is 3.40. The second-order valence-electron chi connectivity index (χ2n) is 12.7. The summed E-state index contributed by atoms with van der Waals surface area (Å²) in [6, 6.07) is 21.7. The van der Waals surface area contributed by atoms with Crippen LogP contribution in [-0.2, 0) is 19.6 Å². The van der Waals surface area contributed by atoms with Crippen molar-refractivity contribution in [2.24, 2.45) is 0 Å². The van der Waals surface area contributed by atoms with Crippen LogP contribution in [0.1, 0.15) is 59.7 Å². The number of aliphatic carboxylic acids is 1. The molecule has 1 aromatic heterocycles. The number of carbonyl (C=O) groups excluding carboxylic acids is 1. The van der Waals surface area contributed by atoms with E-state index in [9.17, 15) is 33.2 Å². The number of hydrogen-bond acceptors (Lipinski definition) is 10. The fourth-order valence-electron chi connectivity index (χ4n) is 5.66. The first kappa shape index (κ1) is 36.8. The van der Waals surface area contributed by atoms with Crippen LogP contribution in [0.25, 0.3) is 10.4 Å². The Hall–Kier alpha value is -4.50. The second kappa shape index (κ2) is 15.2. The Morgan fingerprint density at radius 3 is 2.34 bits per heavy atom. The van der Waals surface area contributed by atoms with Crippen LogP contribution in [0, 0.1) is 10.1 Å². The van der Waals surface area contributed by atoms with E-state index in [-0.39, 0.29) is 40.5 Å². The average molecular weight is 742 g/mol. The van der Waals surface area contributed by atoms with Gasteiger partial charge in [0.2, 0.25) is 10.0 Å². The molecule has 5 rings (SSSR count). The summed E-state index contributed by atoms with van der Waals surface area (Å²) in [6.07, 6.45) is 0.991. The number of carboxylic acid groups (broad SMARTS) is 1. The van der Waals surface area contributed by atoms with Crippen molar-refractivity contribution in [2.75, 3.05) is 25.0 Å². The Bertz CT molecular complexity index is 1990. The van der Waals surface area contributed by atoms with Crippen LogP contribution in [0.4, 0.5) is 11.4 Å². The molecule has 1 atom stereocenters. The number of rotatable bonds is 12. The van der Waals surface area contributed by atoms with Gasteiger partial charge in [0, 0.05) is 37.0 Å². The predicted octanol–water partition coefficient (Wildman–Crippen LogP) is 7.39. The van der Waals surface area contributed by atoms with Gasteiger partial charge in [-0.1, -0.05) is 66.2 Å². The van der Waals surface area contributed by atoms with Gasteiger partial charge in [-0.25, -0.2) is 22.3 Å². The zero-order chi connectivity index (χ0) is 36.2. The van der Waals surface area contributed by atoms with Gasteiger partial charge in [-0.3, -0.25) is 10.1 Å². The lowest BCUT2D eigenvalue weighted by atomic mass is 10.0. The number of hydrogen-bond donors (Lipinski definition) is 2. The number of thiophene rings is 1. The molecule has 50 heavy (non-hydrogen) atoms. The molecule has 2 N–H and O–H groups in total. The predicted molar refractivity (Wildman–Crippen MR) is 192 cm³/mol. The smallest absolute Gasteiger partial charge is 0.352 e. The Morgan fingerprint density at radius 1 is 1.04 bits per heavy atom. The summed E-state index contributed by atoms with van der Waals surface area (Å²) in [7, 11) is -3.96. The number of carboxylic acids is 1. The van der Waals surface area contributed by atoms with Crippen molar-refractivity contribution in [3.05, 3.63) is 110 Å². The lowest BCUT2D eigenvalue weighted by molar-refractivity contribution is -0.384. The number of nitrogens with zero attached hydrogens (tertiary/aromatic N) is 2. The zero-order valence-electron chi connectivity index (χ0n) is 27.5. The maximum absolute atomic E-state index is 14.2. The van der Waals surface area contributed by atoms with Gasteiger partial charge in [-0.05, 0) is 62.4 Å². The maximum atomic E-state index is 14.2. The van der Waals surface area contributed by atoms with Crippen molar-refractivity contribution in [1.82, 2.24) is 4.31 Å². The van der Waals surface area contributed by atoms with Gasteiger partial charge in [-0.15, -0.1) is 11.3 Å². The lowest BCUT2D eigenvalue weighted by Gasteiger charge is -2.34. The number of carbonyl (C=O) groups is 2. The van der Waals surface area contributed by atoms with Crippen LogP contribution in [0.5, 0.6) is 5.75 Å². The third-order valence-corrected chi connectivity index (χ3v) is 11.7. The van der Waals surface area contributed by atoms with Crippen molar-refractivity contribution < 1.29 is 37.5 Å². The van der Waals surface area contributed by atoms with Gasteiger partial charge in [0.1, 0.15) is 15.9 Å². The summed E-state index contributed by atoms with van der Waals surface area (Å²) in [4.78, 5) is 35.7. The van der Waals surface area contributed by atoms with Crippen molar-refractivity contribution in [2.45, 2.75) is 50.5 Å². The van der Waals surface area contributed by atoms with E-state index >= 15 is 0 Å². The number of piperidine rings is 1. The summed E-state index contributed by atoms with van der Waals surface area (Å²) < 4.78 is 40.7. The molecule has 1 fully saturated rings. The summed E-state index contributed by atoms with van der Waals surface area (Å²) in [5.41, 5.74) is 1.24. The van der Waals surface area contributed by atoms with Gasteiger partial charge in [0.15, 0.2) is 17.2 Å². The Labute approximate surface area is 298 Å². The van der Waals surface area contributed by atoms with Crippen LogP contribution in [-0.4, -0.2) is 66.0 Å². The first-order valence-electron chi connectivity index (χ1n) is 15.7. The number of non-ortho nitro benzene ring substituents is 1. The van der Waals surface area contributed by atoms with Gasteiger partial charge in [-0.2, -0.15) is 0 Å². The highest BCUT2D eigenvalue weighted by Crippen LogP contribution is 2.46. The highest BCUT2D eigenvalue weighted by Gasteiger charge is 2.37. The standard InChI is InChI=1S/C35H36ClN3O9S2/c1-35(2,3)48-34(42)32-30(47-21-28(40)41)29(36)31(49-32)23-11-7-13-26(19-23)37-25-15-17-38(18-16-25)50(45,46)33(22-9-5-4-6-10-22)24-12-8-14-27(20-24)39(43)44/h4-14,19-20,25,33,37H,15-18,21H2,1-3H3,(H,40,41). The fourth-order valence-corrected chi connectivity index (χ4v) is 9.11. The lowest BCUT2D eigenvalue weighted by Crippen LogP contribution is -2.44. The first-order valence-corrected chi connectivity index (χ1v) is 18.4. The molecule has 12 nitrogen and oxygen atoms in total. The molecule has 2 heterocycles. The molecule has 0 aliphatic carbocycles. The van der Waals surface area contributed by atoms with E-state index in [0.29, 0.717) is 34.4 Å². The van der Waals surface area contributed by atoms with Crippen LogP contribution >= 0.6 is 22.9 Å². The van der Waals surface area contributed by atoms with E-state index in [1.807, 2.05) is 18.2 Å². The van der Waals surface area contributed by atoms with Gasteiger partial charge in [0.25, 0.3) is 5.69 Å². The molecule has 15 heteroatoms. The van der Waals surface area contributed by atoms with Gasteiger partial charge < -0.3 is 19.9 Å². The Kier molecular flexibility index (Phi) is 11.2. The number of esters is 1. The summed E-state index contributed by atoms with van der Waals surface area (Å²) >= 11 is 7.71. The molecule has 0 radical (unpaired) electrons. The van der Waals surface area contributed by atoms with Gasteiger partial charge in [0.05, 0.1) is 9.80 Å². The van der Waals surface area contributed by atoms with E-state index in [1.165, 1.54) is 22.5 Å². The SMILES string of the molecule is CC(C)(C)OC(=O)c1sc(-c2cccc(NC3CCN(S(=O)(=O)C(c4ccccc4)c4cccc([N+](=O)[O-])c4)CC3)c2)c(Cl)c1OCC(=O)O. The van der Waals surface area contributed by atoms with E-state index in [0.717, 1.165) is 17.0 Å². The molecule has 1 unspecified atom stereocenters. The van der Waals surface area contributed by atoms with Crippen molar-refractivity contribution >= 4 is 56.3 Å². The number of ether oxygens (including phenoxy) is 2. The molecule has 0 saturated carbocycles. The van der Waals surface area contributed by atoms with Crippen LogP contribution < -0.4 is 10.1 Å². The number of sulfonamides is 1. The van der Waals surface area contributed by atoms with E-state index in [2.05, 4.69) is 5.32 Å². The molecular weight excluding hydrogens is 706 g/mol. The molecule has 1 saturated heterocycles. The molecule has 1 aliphatic rings. The van der Waals surface area contributed by atoms with Crippen molar-refractivity contribution in [3.63, 3.8) is 0 Å². The molecular formula is C35H36ClN3O9S2. The highest BCUT2D eigenvalue weighted by molar-refractivity contribution is 7.89. The third kappa shape index (κ3) is 8.62. The summed E-state index contributed by atoms with van der Waals surface area (Å²) in [6.45, 7) is 4.92. The fraction of sp³-hybridized carbons (Fsp3) is 0.314. The number of nitrogens with one attached hydrogen (secondary N) is 1. The topological polar surface area (TPSA) is 165 Å². The van der Waals surface area contributed by atoms with Crippen LogP contribution in [0.3, 0.4) is 0 Å². The monoisotopic (exact) mass is 741 g/mol. The largest absolute Gasteiger partial charge is 0.479 e. The number of nitro groups is 1. The molecule has 0 bridgehead atoms. The molecule has 4 aromatic rings. The molecule has 264 valence electrons. The molecule has 1 aliphatic heterocycles. The second-order valence-corrected chi connectivity index (χ2v) is 16.1. The first-order chi connectivity index (χ1) is 23.6. The minimum absolute atomic E-state index is 0.0482. The van der Waals surface area contributed by atoms with Crippen molar-refractivity contribution in [3.8, 4) is 16.2 Å². The Morgan fingerprint density at radius 2 is 1.70 bits per heavy atom. The summed E-state index contributed by atoms with van der Waals surface area (Å²) in [5, 5.41) is 23.1. The van der Waals surface area contributed by atoms with Gasteiger partial charge >= 0.3 is 11.9 Å². The third-order valence-electron chi connectivity index (χ3n) is 7.83. The van der Waals surface area contributed by atoms with E-state index < -0.39 is 44.3 Å². The molecule has 0 spiro atoms. The maximum Gasteiger partial charge on any atom is 0.352 e. The van der Waals surface area contributed by atoms with E-state index in [4.69, 9.17) is 21.1 Å². The van der Waals surface area contributed by atoms with E-state index in [1.54, 1.807) is 63.2 Å². The minimum atomic E-state index is -3.96. The normalized spacial score (nSPS) is 14.9. The number of anilines is 1. The minimum Gasteiger partial charge on any atom is -0.479 e.